The summed E-state index contributed by atoms with van der Waals surface area (Å²) < 4.78 is 86.4. The largest absolute Gasteiger partial charge is 0.461 e. The van der Waals surface area contributed by atoms with Crippen LogP contribution < -0.4 is 11.1 Å². The molecule has 0 unspecified atom stereocenters. The fraction of sp³-hybridized carbons (Fsp3) is 0.333. The molecule has 34 heavy (non-hydrogen) atoms. The predicted octanol–water partition coefficient (Wildman–Crippen LogP) is 2.54. The van der Waals surface area contributed by atoms with Crippen LogP contribution in [0.5, 0.6) is 0 Å². The summed E-state index contributed by atoms with van der Waals surface area (Å²) >= 11 is 0. The number of esters is 1. The van der Waals surface area contributed by atoms with Gasteiger partial charge in [0, 0.05) is 36.5 Å². The third kappa shape index (κ3) is 5.54. The number of sulfonamides is 1. The lowest BCUT2D eigenvalue weighted by Crippen LogP contribution is -2.43. The Labute approximate surface area is 192 Å². The normalized spacial score (nSPS) is 16.2. The molecule has 1 heterocycles. The second-order valence-corrected chi connectivity index (χ2v) is 9.59. The monoisotopic (exact) mass is 503 g/mol. The minimum atomic E-state index is -4.37. The van der Waals surface area contributed by atoms with Crippen LogP contribution in [0.1, 0.15) is 30.1 Å². The number of carbonyl (C=O) groups excluding carboxylic acids is 2. The first-order chi connectivity index (χ1) is 15.9. The van der Waals surface area contributed by atoms with E-state index in [0.29, 0.717) is 12.1 Å². The van der Waals surface area contributed by atoms with Crippen molar-refractivity contribution in [3.05, 3.63) is 59.2 Å². The van der Waals surface area contributed by atoms with E-state index in [4.69, 9.17) is 10.5 Å². The SMILES string of the molecule is C[C@H](N)C(=O)OC1CCN(S(=O)(=O)c2cc(C(=O)Nc3cc(F)c(F)c(F)c3)ccc2F)CC1. The molecule has 13 heteroatoms. The standard InChI is InChI=1S/C21H21F4N3O5S/c1-11(26)21(30)33-14-4-6-28(7-5-14)34(31,32)18-8-12(2-3-15(18)22)20(29)27-13-9-16(23)19(25)17(24)10-13/h2-3,8-11,14H,4-7,26H2,1H3,(H,27,29)/t11-/m0/s1. The third-order valence-corrected chi connectivity index (χ3v) is 7.02. The molecule has 1 amide bonds. The van der Waals surface area contributed by atoms with Gasteiger partial charge in [-0.1, -0.05) is 0 Å². The zero-order valence-corrected chi connectivity index (χ0v) is 18.7. The van der Waals surface area contributed by atoms with Gasteiger partial charge < -0.3 is 15.8 Å². The van der Waals surface area contributed by atoms with Gasteiger partial charge in [0.15, 0.2) is 17.5 Å². The number of hydrogen-bond acceptors (Lipinski definition) is 6. The molecule has 8 nitrogen and oxygen atoms in total. The van der Waals surface area contributed by atoms with Crippen LogP contribution in [0, 0.1) is 23.3 Å². The molecule has 1 atom stereocenters. The van der Waals surface area contributed by atoms with E-state index in [9.17, 15) is 35.6 Å². The van der Waals surface area contributed by atoms with Crippen molar-refractivity contribution in [2.45, 2.75) is 36.8 Å². The first kappa shape index (κ1) is 25.6. The molecule has 3 N–H and O–H groups in total. The maximum atomic E-state index is 14.4. The lowest BCUT2D eigenvalue weighted by Gasteiger charge is -2.31. The van der Waals surface area contributed by atoms with Gasteiger partial charge in [0.25, 0.3) is 5.91 Å². The Morgan fingerprint density at radius 3 is 2.21 bits per heavy atom. The molecule has 0 aliphatic carbocycles. The Bertz CT molecular complexity index is 1190. The zero-order valence-electron chi connectivity index (χ0n) is 17.9. The molecule has 2 aromatic rings. The summed E-state index contributed by atoms with van der Waals surface area (Å²) in [5.41, 5.74) is 4.71. The van der Waals surface area contributed by atoms with E-state index in [-0.39, 0.29) is 31.5 Å². The van der Waals surface area contributed by atoms with Gasteiger partial charge in [-0.2, -0.15) is 4.31 Å². The molecule has 184 valence electrons. The maximum absolute atomic E-state index is 14.4. The van der Waals surface area contributed by atoms with Crippen molar-refractivity contribution in [3.8, 4) is 0 Å². The van der Waals surface area contributed by atoms with Crippen LogP contribution in [0.2, 0.25) is 0 Å². The highest BCUT2D eigenvalue weighted by molar-refractivity contribution is 7.89. The average molecular weight is 503 g/mol. The van der Waals surface area contributed by atoms with Gasteiger partial charge in [-0.3, -0.25) is 9.59 Å². The summed E-state index contributed by atoms with van der Waals surface area (Å²) in [4.78, 5) is 23.3. The van der Waals surface area contributed by atoms with E-state index in [1.54, 1.807) is 0 Å². The summed E-state index contributed by atoms with van der Waals surface area (Å²) in [6.45, 7) is 1.32. The van der Waals surface area contributed by atoms with Crippen LogP contribution in [0.4, 0.5) is 23.2 Å². The molecule has 1 saturated heterocycles. The van der Waals surface area contributed by atoms with Crippen molar-refractivity contribution in [2.75, 3.05) is 18.4 Å². The minimum absolute atomic E-state index is 0.0662. The lowest BCUT2D eigenvalue weighted by molar-refractivity contribution is -0.151. The third-order valence-electron chi connectivity index (χ3n) is 5.11. The van der Waals surface area contributed by atoms with Gasteiger partial charge >= 0.3 is 5.97 Å². The van der Waals surface area contributed by atoms with Crippen LogP contribution in [0.25, 0.3) is 0 Å². The Morgan fingerprint density at radius 1 is 1.06 bits per heavy atom. The molecular weight excluding hydrogens is 482 g/mol. The van der Waals surface area contributed by atoms with E-state index in [1.165, 1.54) is 6.92 Å². The number of benzene rings is 2. The van der Waals surface area contributed by atoms with Crippen molar-refractivity contribution < 1.29 is 40.3 Å². The molecule has 0 radical (unpaired) electrons. The second kappa shape index (κ2) is 10.1. The van der Waals surface area contributed by atoms with Gasteiger partial charge in [-0.05, 0) is 38.0 Å². The molecule has 0 spiro atoms. The van der Waals surface area contributed by atoms with Gasteiger partial charge in [0.05, 0.1) is 0 Å². The summed E-state index contributed by atoms with van der Waals surface area (Å²) in [6.07, 6.45) is -0.203. The molecular formula is C21H21F4N3O5S. The van der Waals surface area contributed by atoms with Crippen LogP contribution in [-0.4, -0.2) is 49.8 Å². The predicted molar refractivity (Wildman–Crippen MR) is 112 cm³/mol. The summed E-state index contributed by atoms with van der Waals surface area (Å²) in [5.74, 6) is -7.51. The highest BCUT2D eigenvalue weighted by Crippen LogP contribution is 2.26. The van der Waals surface area contributed by atoms with Gasteiger partial charge in [0.1, 0.15) is 22.9 Å². The topological polar surface area (TPSA) is 119 Å². The van der Waals surface area contributed by atoms with Gasteiger partial charge in [0.2, 0.25) is 10.0 Å². The number of nitrogens with one attached hydrogen (secondary N) is 1. The number of carbonyl (C=O) groups is 2. The number of piperidine rings is 1. The van der Waals surface area contributed by atoms with Crippen molar-refractivity contribution in [1.82, 2.24) is 4.31 Å². The summed E-state index contributed by atoms with van der Waals surface area (Å²) in [7, 11) is -4.37. The lowest BCUT2D eigenvalue weighted by atomic mass is 10.1. The maximum Gasteiger partial charge on any atom is 0.322 e. The smallest absolute Gasteiger partial charge is 0.322 e. The van der Waals surface area contributed by atoms with Crippen LogP contribution in [0.15, 0.2) is 35.2 Å². The van der Waals surface area contributed by atoms with Crippen molar-refractivity contribution in [3.63, 3.8) is 0 Å². The number of anilines is 1. The fourth-order valence-electron chi connectivity index (χ4n) is 3.27. The number of ether oxygens (including phenoxy) is 1. The van der Waals surface area contributed by atoms with Crippen molar-refractivity contribution >= 4 is 27.6 Å². The van der Waals surface area contributed by atoms with E-state index >= 15 is 0 Å². The Hall–Kier alpha value is -3.03. The summed E-state index contributed by atoms with van der Waals surface area (Å²) in [5, 5.41) is 2.10. The molecule has 2 aromatic carbocycles. The number of hydrogen-bond donors (Lipinski definition) is 2. The summed E-state index contributed by atoms with van der Waals surface area (Å²) in [6, 6.07) is 2.80. The van der Waals surface area contributed by atoms with Gasteiger partial charge in [-0.15, -0.1) is 0 Å². The Kier molecular flexibility index (Phi) is 7.58. The number of nitrogens with two attached hydrogens (primary N) is 1. The van der Waals surface area contributed by atoms with E-state index < -0.39 is 67.9 Å². The average Bonchev–Trinajstić information content (AvgIpc) is 2.77. The van der Waals surface area contributed by atoms with E-state index in [1.807, 2.05) is 0 Å². The fourth-order valence-corrected chi connectivity index (χ4v) is 4.83. The second-order valence-electron chi connectivity index (χ2n) is 7.68. The van der Waals surface area contributed by atoms with E-state index in [2.05, 4.69) is 5.32 Å². The molecule has 0 aromatic heterocycles. The first-order valence-corrected chi connectivity index (χ1v) is 11.6. The molecule has 0 saturated carbocycles. The Balaban J connectivity index is 1.76. The Morgan fingerprint density at radius 2 is 1.65 bits per heavy atom. The van der Waals surface area contributed by atoms with Gasteiger partial charge in [-0.25, -0.2) is 26.0 Å². The minimum Gasteiger partial charge on any atom is -0.461 e. The molecule has 1 aliphatic heterocycles. The first-order valence-electron chi connectivity index (χ1n) is 10.1. The van der Waals surface area contributed by atoms with Crippen molar-refractivity contribution in [1.29, 1.82) is 0 Å². The molecule has 1 aliphatic rings. The molecule has 3 rings (SSSR count). The zero-order chi connectivity index (χ0) is 25.2. The molecule has 1 fully saturated rings. The number of nitrogens with zero attached hydrogens (tertiary/aromatic N) is 1. The number of amides is 1. The van der Waals surface area contributed by atoms with Crippen molar-refractivity contribution in [2.24, 2.45) is 5.73 Å². The highest BCUT2D eigenvalue weighted by Gasteiger charge is 2.33. The molecule has 0 bridgehead atoms. The van der Waals surface area contributed by atoms with Crippen LogP contribution >= 0.6 is 0 Å². The van der Waals surface area contributed by atoms with E-state index in [0.717, 1.165) is 22.5 Å². The van der Waals surface area contributed by atoms with Crippen LogP contribution in [0.3, 0.4) is 0 Å². The number of rotatable bonds is 6. The van der Waals surface area contributed by atoms with Crippen LogP contribution in [-0.2, 0) is 19.6 Å². The highest BCUT2D eigenvalue weighted by atomic mass is 32.2. The quantitative estimate of drug-likeness (QED) is 0.355. The number of halogens is 4.